The Bertz CT molecular complexity index is 412. The van der Waals surface area contributed by atoms with Crippen molar-refractivity contribution in [2.24, 2.45) is 5.92 Å². The molecule has 3 unspecified atom stereocenters. The van der Waals surface area contributed by atoms with Gasteiger partial charge in [-0.1, -0.05) is 37.3 Å². The maximum absolute atomic E-state index is 9.88. The topological polar surface area (TPSA) is 47.3 Å². The standard InChI is InChI=1S/C15H20N2O/c1-12-7-8-17(11-15(12)18)10-14(9-16)13-5-3-2-4-6-13/h2-6,12,14-15,18H,7-8,10-11H2,1H3. The van der Waals surface area contributed by atoms with E-state index in [4.69, 9.17) is 0 Å². The van der Waals surface area contributed by atoms with E-state index in [1.807, 2.05) is 30.3 Å². The summed E-state index contributed by atoms with van der Waals surface area (Å²) in [6.45, 7) is 4.46. The molecule has 3 nitrogen and oxygen atoms in total. The smallest absolute Gasteiger partial charge is 0.0839 e. The molecule has 0 aliphatic carbocycles. The van der Waals surface area contributed by atoms with E-state index in [0.29, 0.717) is 19.0 Å². The summed E-state index contributed by atoms with van der Waals surface area (Å²) in [5, 5.41) is 19.2. The van der Waals surface area contributed by atoms with Gasteiger partial charge in [0.25, 0.3) is 0 Å². The van der Waals surface area contributed by atoms with Crippen LogP contribution in [0.1, 0.15) is 24.8 Å². The zero-order valence-electron chi connectivity index (χ0n) is 10.8. The summed E-state index contributed by atoms with van der Waals surface area (Å²) in [4.78, 5) is 2.20. The van der Waals surface area contributed by atoms with Crippen molar-refractivity contribution < 1.29 is 5.11 Å². The number of nitrogens with zero attached hydrogens (tertiary/aromatic N) is 2. The lowest BCUT2D eigenvalue weighted by Crippen LogP contribution is -2.44. The fourth-order valence-corrected chi connectivity index (χ4v) is 2.44. The van der Waals surface area contributed by atoms with Crippen LogP contribution in [0.25, 0.3) is 0 Å². The first-order valence-corrected chi connectivity index (χ1v) is 6.55. The van der Waals surface area contributed by atoms with Crippen LogP contribution in [-0.4, -0.2) is 35.7 Å². The van der Waals surface area contributed by atoms with Crippen molar-refractivity contribution in [2.75, 3.05) is 19.6 Å². The van der Waals surface area contributed by atoms with E-state index in [9.17, 15) is 10.4 Å². The highest BCUT2D eigenvalue weighted by atomic mass is 16.3. The molecule has 18 heavy (non-hydrogen) atoms. The third kappa shape index (κ3) is 3.10. The van der Waals surface area contributed by atoms with Gasteiger partial charge < -0.3 is 5.11 Å². The molecule has 0 aromatic heterocycles. The fourth-order valence-electron chi connectivity index (χ4n) is 2.44. The van der Waals surface area contributed by atoms with Crippen LogP contribution >= 0.6 is 0 Å². The highest BCUT2D eigenvalue weighted by molar-refractivity contribution is 5.25. The third-order valence-electron chi connectivity index (χ3n) is 3.80. The minimum absolute atomic E-state index is 0.105. The van der Waals surface area contributed by atoms with Crippen molar-refractivity contribution in [3.8, 4) is 6.07 Å². The average molecular weight is 244 g/mol. The zero-order valence-corrected chi connectivity index (χ0v) is 10.8. The minimum atomic E-state index is -0.256. The molecule has 3 heteroatoms. The predicted octanol–water partition coefficient (Wildman–Crippen LogP) is 2.00. The number of hydrogen-bond acceptors (Lipinski definition) is 3. The Morgan fingerprint density at radius 2 is 2.17 bits per heavy atom. The van der Waals surface area contributed by atoms with E-state index < -0.39 is 0 Å². The number of piperidine rings is 1. The van der Waals surface area contributed by atoms with Crippen LogP contribution in [0.2, 0.25) is 0 Å². The molecule has 1 aromatic carbocycles. The van der Waals surface area contributed by atoms with Gasteiger partial charge in [-0.25, -0.2) is 0 Å². The van der Waals surface area contributed by atoms with Gasteiger partial charge in [-0.15, -0.1) is 0 Å². The maximum atomic E-state index is 9.88. The van der Waals surface area contributed by atoms with Crippen LogP contribution in [0.3, 0.4) is 0 Å². The van der Waals surface area contributed by atoms with E-state index in [-0.39, 0.29) is 12.0 Å². The second-order valence-electron chi connectivity index (χ2n) is 5.19. The number of nitriles is 1. The van der Waals surface area contributed by atoms with E-state index in [2.05, 4.69) is 17.9 Å². The molecule has 0 radical (unpaired) electrons. The Kier molecular flexibility index (Phi) is 4.35. The zero-order chi connectivity index (χ0) is 13.0. The molecule has 1 fully saturated rings. The number of hydrogen-bond donors (Lipinski definition) is 1. The molecular formula is C15H20N2O. The summed E-state index contributed by atoms with van der Waals surface area (Å²) in [7, 11) is 0. The molecule has 0 amide bonds. The van der Waals surface area contributed by atoms with Crippen LogP contribution < -0.4 is 0 Å². The Labute approximate surface area is 109 Å². The second kappa shape index (κ2) is 5.99. The van der Waals surface area contributed by atoms with Crippen molar-refractivity contribution in [1.29, 1.82) is 5.26 Å². The number of β-amino-alcohol motifs (C(OH)–C–C–N with tert-alkyl or cyclic N) is 1. The first-order valence-electron chi connectivity index (χ1n) is 6.55. The lowest BCUT2D eigenvalue weighted by molar-refractivity contribution is 0.0285. The number of aliphatic hydroxyl groups is 1. The molecule has 2 rings (SSSR count). The quantitative estimate of drug-likeness (QED) is 0.884. The molecule has 0 spiro atoms. The molecule has 3 atom stereocenters. The Morgan fingerprint density at radius 1 is 1.44 bits per heavy atom. The molecule has 1 aliphatic rings. The van der Waals surface area contributed by atoms with Gasteiger partial charge in [0.15, 0.2) is 0 Å². The monoisotopic (exact) mass is 244 g/mol. The molecule has 1 saturated heterocycles. The summed E-state index contributed by atoms with van der Waals surface area (Å²) < 4.78 is 0. The van der Waals surface area contributed by atoms with E-state index in [1.165, 1.54) is 0 Å². The van der Waals surface area contributed by atoms with Gasteiger partial charge in [-0.2, -0.15) is 5.26 Å². The molecule has 1 aliphatic heterocycles. The highest BCUT2D eigenvalue weighted by Gasteiger charge is 2.26. The number of aliphatic hydroxyl groups excluding tert-OH is 1. The highest BCUT2D eigenvalue weighted by Crippen LogP contribution is 2.21. The van der Waals surface area contributed by atoms with E-state index in [0.717, 1.165) is 18.5 Å². The number of rotatable bonds is 3. The van der Waals surface area contributed by atoms with E-state index >= 15 is 0 Å². The molecular weight excluding hydrogens is 224 g/mol. The molecule has 1 heterocycles. The van der Waals surface area contributed by atoms with Crippen molar-refractivity contribution in [1.82, 2.24) is 4.90 Å². The second-order valence-corrected chi connectivity index (χ2v) is 5.19. The minimum Gasteiger partial charge on any atom is -0.392 e. The normalized spacial score (nSPS) is 26.5. The van der Waals surface area contributed by atoms with Crippen molar-refractivity contribution in [3.05, 3.63) is 35.9 Å². The average Bonchev–Trinajstić information content (AvgIpc) is 2.41. The van der Waals surface area contributed by atoms with Gasteiger partial charge in [0, 0.05) is 13.1 Å². The molecule has 1 N–H and O–H groups in total. The Balaban J connectivity index is 1.98. The summed E-state index contributed by atoms with van der Waals surface area (Å²) in [5.41, 5.74) is 1.06. The van der Waals surface area contributed by atoms with Gasteiger partial charge in [-0.05, 0) is 24.4 Å². The molecule has 96 valence electrons. The van der Waals surface area contributed by atoms with Crippen LogP contribution in [0.5, 0.6) is 0 Å². The lowest BCUT2D eigenvalue weighted by Gasteiger charge is -2.35. The maximum Gasteiger partial charge on any atom is 0.0839 e. The Morgan fingerprint density at radius 3 is 2.78 bits per heavy atom. The largest absolute Gasteiger partial charge is 0.392 e. The van der Waals surface area contributed by atoms with Crippen LogP contribution in [0.15, 0.2) is 30.3 Å². The van der Waals surface area contributed by atoms with Gasteiger partial charge in [0.2, 0.25) is 0 Å². The Hall–Kier alpha value is -1.37. The summed E-state index contributed by atoms with van der Waals surface area (Å²) in [5.74, 6) is 0.269. The molecule has 0 saturated carbocycles. The van der Waals surface area contributed by atoms with Gasteiger partial charge >= 0.3 is 0 Å². The van der Waals surface area contributed by atoms with Gasteiger partial charge in [-0.3, -0.25) is 4.90 Å². The fraction of sp³-hybridized carbons (Fsp3) is 0.533. The van der Waals surface area contributed by atoms with Crippen LogP contribution in [0, 0.1) is 17.2 Å². The lowest BCUT2D eigenvalue weighted by atomic mass is 9.94. The van der Waals surface area contributed by atoms with E-state index in [1.54, 1.807) is 0 Å². The van der Waals surface area contributed by atoms with Gasteiger partial charge in [0.05, 0.1) is 18.1 Å². The first kappa shape index (κ1) is 13.1. The summed E-state index contributed by atoms with van der Waals surface area (Å²) in [6.07, 6.45) is 0.752. The summed E-state index contributed by atoms with van der Waals surface area (Å²) in [6, 6.07) is 12.3. The number of likely N-dealkylation sites (tertiary alicyclic amines) is 1. The van der Waals surface area contributed by atoms with Crippen molar-refractivity contribution in [2.45, 2.75) is 25.4 Å². The summed E-state index contributed by atoms with van der Waals surface area (Å²) >= 11 is 0. The molecule has 1 aromatic rings. The van der Waals surface area contributed by atoms with Crippen LogP contribution in [0.4, 0.5) is 0 Å². The third-order valence-corrected chi connectivity index (χ3v) is 3.80. The van der Waals surface area contributed by atoms with Crippen molar-refractivity contribution >= 4 is 0 Å². The first-order chi connectivity index (χ1) is 8.70. The number of benzene rings is 1. The van der Waals surface area contributed by atoms with Crippen molar-refractivity contribution in [3.63, 3.8) is 0 Å². The SMILES string of the molecule is CC1CCN(CC(C#N)c2ccccc2)CC1O. The van der Waals surface area contributed by atoms with Gasteiger partial charge in [0.1, 0.15) is 0 Å². The molecule has 0 bridgehead atoms. The predicted molar refractivity (Wildman–Crippen MR) is 71.0 cm³/mol. The van der Waals surface area contributed by atoms with Crippen LogP contribution in [-0.2, 0) is 0 Å².